The summed E-state index contributed by atoms with van der Waals surface area (Å²) in [7, 11) is 3.40. The Hall–Kier alpha value is -5.63. The number of benzene rings is 3. The summed E-state index contributed by atoms with van der Waals surface area (Å²) in [4.78, 5) is 47.3. The van der Waals surface area contributed by atoms with Gasteiger partial charge in [0.25, 0.3) is 11.8 Å². The number of methoxy groups -OCH3 is 1. The zero-order chi connectivity index (χ0) is 60.2. The van der Waals surface area contributed by atoms with Crippen LogP contribution < -0.4 is 15.5 Å². The van der Waals surface area contributed by atoms with Crippen molar-refractivity contribution >= 4 is 29.1 Å². The Kier molecular flexibility index (Phi) is 38.7. The highest BCUT2D eigenvalue weighted by molar-refractivity contribution is 6.06. The van der Waals surface area contributed by atoms with Crippen LogP contribution in [0.2, 0.25) is 0 Å². The first kappa shape index (κ1) is 71.6. The number of likely N-dealkylation sites (N-methyl/N-ethyl adjacent to an activating group) is 1. The molecular formula is C61H90F3N5O14. The highest BCUT2D eigenvalue weighted by Gasteiger charge is 2.30. The molecule has 1 heterocycles. The van der Waals surface area contributed by atoms with E-state index in [1.54, 1.807) is 31.2 Å². The lowest BCUT2D eigenvalue weighted by atomic mass is 10.0. The Balaban J connectivity index is 0.000000809. The van der Waals surface area contributed by atoms with Crippen molar-refractivity contribution in [2.45, 2.75) is 59.7 Å². The fourth-order valence-corrected chi connectivity index (χ4v) is 7.69. The number of nitrogens with zero attached hydrogens (tertiary/aromatic N) is 3. The standard InChI is InChI=1S/C48H62F3N5O8.C13H28O6/c1-5-56(6-2)41-16-17-43(42(34-41)44-33-39(18-20-52-44)46(58)53-35-37-12-9-15-40(32-37)48(49,50)51)54-47(59)38-14-8-11-36(31-38)13-10-22-61-25-27-63-29-30-64-28-26-62-23-19-45(57)55(4)21-24-60-7-3;1-3-15-6-7-17-10-11-19-13-12-18-9-8-16-5-4-14-2/h8-9,11-12,14-18,20,31-34H,5-7,10,13,19,21-30,35H2,1-4H3,(H,53,58)(H,54,59);3-13H2,1-2H3. The van der Waals surface area contributed by atoms with Gasteiger partial charge < -0.3 is 72.5 Å². The molecule has 0 saturated heterocycles. The summed E-state index contributed by atoms with van der Waals surface area (Å²) in [5.74, 6) is -0.783. The van der Waals surface area contributed by atoms with Crippen molar-refractivity contribution in [3.05, 3.63) is 113 Å². The molecule has 0 unspecified atom stereocenters. The summed E-state index contributed by atoms with van der Waals surface area (Å²) < 4.78 is 98.5. The van der Waals surface area contributed by atoms with E-state index in [2.05, 4.69) is 20.5 Å². The maximum atomic E-state index is 13.7. The predicted octanol–water partition coefficient (Wildman–Crippen LogP) is 8.42. The Morgan fingerprint density at radius 2 is 1.08 bits per heavy atom. The van der Waals surface area contributed by atoms with Crippen LogP contribution in [0.15, 0.2) is 85.1 Å². The van der Waals surface area contributed by atoms with Gasteiger partial charge in [-0.15, -0.1) is 0 Å². The Bertz CT molecular complexity index is 2350. The average molecular weight is 1170 g/mol. The molecule has 0 fully saturated rings. The number of aromatic nitrogens is 1. The van der Waals surface area contributed by atoms with Crippen molar-refractivity contribution in [2.24, 2.45) is 0 Å². The third-order valence-electron chi connectivity index (χ3n) is 12.2. The van der Waals surface area contributed by atoms with Crippen molar-refractivity contribution in [1.82, 2.24) is 15.2 Å². The van der Waals surface area contributed by atoms with Gasteiger partial charge in [-0.25, -0.2) is 0 Å². The number of anilines is 2. The topological polar surface area (TPSA) is 196 Å². The van der Waals surface area contributed by atoms with Crippen LogP contribution in [-0.4, -0.2) is 200 Å². The van der Waals surface area contributed by atoms with Crippen LogP contribution in [-0.2, 0) is 76.0 Å². The van der Waals surface area contributed by atoms with E-state index < -0.39 is 17.6 Å². The number of hydrogen-bond acceptors (Lipinski definition) is 16. The van der Waals surface area contributed by atoms with Crippen molar-refractivity contribution < 1.29 is 79.7 Å². The van der Waals surface area contributed by atoms with Crippen molar-refractivity contribution in [1.29, 1.82) is 0 Å². The Morgan fingerprint density at radius 1 is 0.554 bits per heavy atom. The van der Waals surface area contributed by atoms with E-state index in [9.17, 15) is 27.6 Å². The molecule has 19 nitrogen and oxygen atoms in total. The number of carbonyl (C=O) groups is 3. The van der Waals surface area contributed by atoms with E-state index in [0.717, 1.165) is 49.5 Å². The summed E-state index contributed by atoms with van der Waals surface area (Å²) >= 11 is 0. The molecule has 464 valence electrons. The normalized spacial score (nSPS) is 11.3. The van der Waals surface area contributed by atoms with Gasteiger partial charge in [-0.2, -0.15) is 13.2 Å². The van der Waals surface area contributed by atoms with E-state index in [1.165, 1.54) is 24.4 Å². The molecule has 0 radical (unpaired) electrons. The third kappa shape index (κ3) is 31.7. The van der Waals surface area contributed by atoms with Crippen LogP contribution in [0.25, 0.3) is 11.3 Å². The van der Waals surface area contributed by atoms with Gasteiger partial charge in [0.1, 0.15) is 0 Å². The summed E-state index contributed by atoms with van der Waals surface area (Å²) in [6.07, 6.45) is -1.24. The van der Waals surface area contributed by atoms with E-state index in [-0.39, 0.29) is 23.9 Å². The first-order chi connectivity index (χ1) is 40.3. The monoisotopic (exact) mass is 1170 g/mol. The van der Waals surface area contributed by atoms with Gasteiger partial charge >= 0.3 is 6.18 Å². The minimum Gasteiger partial charge on any atom is -0.382 e. The van der Waals surface area contributed by atoms with Crippen LogP contribution in [0.5, 0.6) is 0 Å². The van der Waals surface area contributed by atoms with E-state index in [1.807, 2.05) is 64.1 Å². The number of carbonyl (C=O) groups excluding carboxylic acids is 3. The quantitative estimate of drug-likeness (QED) is 0.0400. The molecule has 0 atom stereocenters. The highest BCUT2D eigenvalue weighted by Crippen LogP contribution is 2.33. The lowest BCUT2D eigenvalue weighted by Crippen LogP contribution is -2.31. The van der Waals surface area contributed by atoms with Gasteiger partial charge in [-0.3, -0.25) is 19.4 Å². The molecule has 22 heteroatoms. The van der Waals surface area contributed by atoms with Crippen LogP contribution in [0, 0.1) is 0 Å². The van der Waals surface area contributed by atoms with Crippen LogP contribution in [0.3, 0.4) is 0 Å². The summed E-state index contributed by atoms with van der Waals surface area (Å²) in [6.45, 7) is 21.2. The van der Waals surface area contributed by atoms with Crippen LogP contribution in [0.4, 0.5) is 24.5 Å². The minimum absolute atomic E-state index is 0.0170. The molecule has 3 amide bonds. The molecule has 0 aliphatic carbocycles. The van der Waals surface area contributed by atoms with E-state index >= 15 is 0 Å². The molecule has 2 N–H and O–H groups in total. The second-order valence-electron chi connectivity index (χ2n) is 18.3. The molecule has 0 bridgehead atoms. The largest absolute Gasteiger partial charge is 0.416 e. The molecule has 0 aliphatic rings. The fourth-order valence-electron chi connectivity index (χ4n) is 7.69. The van der Waals surface area contributed by atoms with Crippen LogP contribution in [0.1, 0.15) is 77.9 Å². The average Bonchev–Trinajstić information content (AvgIpc) is 3.55. The van der Waals surface area contributed by atoms with Gasteiger partial charge in [0.05, 0.1) is 142 Å². The van der Waals surface area contributed by atoms with Gasteiger partial charge in [0.15, 0.2) is 0 Å². The minimum atomic E-state index is -4.49. The van der Waals surface area contributed by atoms with Gasteiger partial charge in [0, 0.05) is 88.7 Å². The van der Waals surface area contributed by atoms with Crippen LogP contribution >= 0.6 is 0 Å². The number of pyridine rings is 1. The van der Waals surface area contributed by atoms with Gasteiger partial charge in [0.2, 0.25) is 5.91 Å². The number of aryl methyl sites for hydroxylation is 1. The van der Waals surface area contributed by atoms with Crippen molar-refractivity contribution in [3.63, 3.8) is 0 Å². The molecule has 3 aromatic carbocycles. The number of hydrogen-bond donors (Lipinski definition) is 2. The molecule has 0 spiro atoms. The molecule has 0 saturated carbocycles. The lowest BCUT2D eigenvalue weighted by Gasteiger charge is -2.23. The molecule has 4 aromatic rings. The zero-order valence-electron chi connectivity index (χ0n) is 49.6. The molecule has 1 aromatic heterocycles. The van der Waals surface area contributed by atoms with Crippen molar-refractivity contribution in [2.75, 3.05) is 183 Å². The summed E-state index contributed by atoms with van der Waals surface area (Å²) in [6, 6.07) is 21.0. The predicted molar refractivity (Wildman–Crippen MR) is 312 cm³/mol. The Morgan fingerprint density at radius 3 is 1.66 bits per heavy atom. The molecule has 4 rings (SSSR count). The molecule has 0 aliphatic heterocycles. The van der Waals surface area contributed by atoms with E-state index in [4.69, 9.17) is 52.1 Å². The molecular weight excluding hydrogens is 1080 g/mol. The summed E-state index contributed by atoms with van der Waals surface area (Å²) in [5.41, 5.74) is 3.67. The smallest absolute Gasteiger partial charge is 0.382 e. The van der Waals surface area contributed by atoms with E-state index in [0.29, 0.717) is 180 Å². The first-order valence-electron chi connectivity index (χ1n) is 28.5. The van der Waals surface area contributed by atoms with Crippen molar-refractivity contribution in [3.8, 4) is 11.3 Å². The maximum Gasteiger partial charge on any atom is 0.416 e. The highest BCUT2D eigenvalue weighted by atomic mass is 19.4. The number of halogens is 3. The number of amides is 3. The number of ether oxygens (including phenoxy) is 11. The third-order valence-corrected chi connectivity index (χ3v) is 12.2. The number of alkyl halides is 3. The number of nitrogens with one attached hydrogen (secondary N) is 2. The second-order valence-corrected chi connectivity index (χ2v) is 18.3. The first-order valence-corrected chi connectivity index (χ1v) is 28.5. The fraction of sp³-hybridized carbons (Fsp3) is 0.574. The van der Waals surface area contributed by atoms with Gasteiger partial charge in [-0.05, 0) is 106 Å². The molecule has 83 heavy (non-hydrogen) atoms. The summed E-state index contributed by atoms with van der Waals surface area (Å²) in [5, 5.41) is 5.74. The zero-order valence-corrected chi connectivity index (χ0v) is 49.6. The van der Waals surface area contributed by atoms with Gasteiger partial charge in [-0.1, -0.05) is 24.3 Å². The number of rotatable bonds is 45. The Labute approximate surface area is 489 Å². The second kappa shape index (κ2) is 44.8. The SMILES string of the molecule is CCOCCN(C)C(=O)CCOCCOCCOCCOCCCc1cccc(C(=O)Nc2ccc(N(CC)CC)cc2-c2cc(C(=O)NCc3cccc(C(F)(F)F)c3)ccn2)c1.CCOCCOCCOCCOCCOCCOC. The maximum absolute atomic E-state index is 13.7. The lowest BCUT2D eigenvalue weighted by molar-refractivity contribution is -0.137.